The molecular formula is C27H44N4O6. The number of nitrogens with two attached hydrogens (primary N) is 1. The van der Waals surface area contributed by atoms with Gasteiger partial charge in [-0.1, -0.05) is 25.5 Å². The van der Waals surface area contributed by atoms with E-state index >= 15 is 0 Å². The van der Waals surface area contributed by atoms with Gasteiger partial charge in [-0.05, 0) is 79.0 Å². The maximum absolute atomic E-state index is 14.1. The van der Waals surface area contributed by atoms with Gasteiger partial charge in [0.05, 0.1) is 0 Å². The Morgan fingerprint density at radius 3 is 2.03 bits per heavy atom. The van der Waals surface area contributed by atoms with E-state index in [9.17, 15) is 24.3 Å². The van der Waals surface area contributed by atoms with Crippen LogP contribution in [-0.4, -0.2) is 57.0 Å². The molecule has 0 aliphatic rings. The standard InChI is InChI=1S/C27H44N4O6/c1-9-10-17(2)29-23(34)22(18-11-13-19(32)14-12-18)31(26(3,4)5)24(35)20(15-16-21(28)33)30-25(36)37-27(6,7)8/h11-14,17,20,22,32H,9-10,15-16H2,1-8H3,(H2,28,33)(H,29,34)(H,30,36). The van der Waals surface area contributed by atoms with E-state index in [-0.39, 0.29) is 24.6 Å². The first kappa shape index (κ1) is 31.7. The number of nitrogens with zero attached hydrogens (tertiary/aromatic N) is 1. The van der Waals surface area contributed by atoms with Crippen LogP contribution in [0.15, 0.2) is 24.3 Å². The summed E-state index contributed by atoms with van der Waals surface area (Å²) in [6.45, 7) is 14.3. The van der Waals surface area contributed by atoms with Crippen molar-refractivity contribution in [3.05, 3.63) is 29.8 Å². The molecule has 0 aliphatic carbocycles. The molecule has 0 aromatic heterocycles. The number of ether oxygens (including phenoxy) is 1. The number of aromatic hydroxyl groups is 1. The minimum Gasteiger partial charge on any atom is -0.508 e. The van der Waals surface area contributed by atoms with E-state index in [1.165, 1.54) is 17.0 Å². The number of phenols is 1. The third-order valence-electron chi connectivity index (χ3n) is 5.45. The number of phenolic OH excluding ortho intramolecular Hbond substituents is 1. The third kappa shape index (κ3) is 10.7. The Labute approximate surface area is 220 Å². The molecule has 0 aliphatic heterocycles. The highest BCUT2D eigenvalue weighted by atomic mass is 16.6. The van der Waals surface area contributed by atoms with Gasteiger partial charge in [-0.15, -0.1) is 0 Å². The Balaban J connectivity index is 3.56. The second-order valence-electron chi connectivity index (χ2n) is 11.3. The fourth-order valence-corrected chi connectivity index (χ4v) is 3.91. The van der Waals surface area contributed by atoms with Crippen molar-refractivity contribution in [1.82, 2.24) is 15.5 Å². The number of carbonyl (C=O) groups is 4. The maximum Gasteiger partial charge on any atom is 0.408 e. The predicted molar refractivity (Wildman–Crippen MR) is 142 cm³/mol. The zero-order valence-electron chi connectivity index (χ0n) is 23.4. The van der Waals surface area contributed by atoms with Gasteiger partial charge in [0.25, 0.3) is 0 Å². The van der Waals surface area contributed by atoms with Gasteiger partial charge < -0.3 is 31.1 Å². The van der Waals surface area contributed by atoms with E-state index in [2.05, 4.69) is 10.6 Å². The highest BCUT2D eigenvalue weighted by Gasteiger charge is 2.42. The zero-order chi connectivity index (χ0) is 28.6. The maximum atomic E-state index is 14.1. The lowest BCUT2D eigenvalue weighted by Gasteiger charge is -2.43. The van der Waals surface area contributed by atoms with Crippen LogP contribution in [0.1, 0.15) is 92.7 Å². The molecule has 0 bridgehead atoms. The number of nitrogens with one attached hydrogen (secondary N) is 2. The minimum absolute atomic E-state index is 0.0156. The van der Waals surface area contributed by atoms with Crippen LogP contribution in [0, 0.1) is 0 Å². The van der Waals surface area contributed by atoms with E-state index < -0.39 is 47.0 Å². The number of alkyl carbamates (subject to hydrolysis) is 1. The predicted octanol–water partition coefficient (Wildman–Crippen LogP) is 3.52. The molecule has 0 saturated carbocycles. The van der Waals surface area contributed by atoms with E-state index in [1.54, 1.807) is 53.7 Å². The van der Waals surface area contributed by atoms with Crippen molar-refractivity contribution in [2.75, 3.05) is 0 Å². The van der Waals surface area contributed by atoms with Crippen LogP contribution in [0.2, 0.25) is 0 Å². The second kappa shape index (κ2) is 13.3. The Hall–Kier alpha value is -3.30. The summed E-state index contributed by atoms with van der Waals surface area (Å²) in [7, 11) is 0. The molecule has 0 spiro atoms. The Kier molecular flexibility index (Phi) is 11.4. The number of carbonyl (C=O) groups excluding carboxylic acids is 4. The molecule has 10 heteroatoms. The van der Waals surface area contributed by atoms with Crippen LogP contribution in [0.4, 0.5) is 4.79 Å². The molecule has 1 rings (SSSR count). The first-order valence-corrected chi connectivity index (χ1v) is 12.7. The van der Waals surface area contributed by atoms with Crippen LogP contribution in [0.25, 0.3) is 0 Å². The summed E-state index contributed by atoms with van der Waals surface area (Å²) >= 11 is 0. The Bertz CT molecular complexity index is 934. The van der Waals surface area contributed by atoms with Crippen LogP contribution < -0.4 is 16.4 Å². The molecule has 0 heterocycles. The van der Waals surface area contributed by atoms with Crippen LogP contribution in [0.3, 0.4) is 0 Å². The summed E-state index contributed by atoms with van der Waals surface area (Å²) in [4.78, 5) is 53.3. The van der Waals surface area contributed by atoms with Crippen molar-refractivity contribution in [1.29, 1.82) is 0 Å². The van der Waals surface area contributed by atoms with Crippen molar-refractivity contribution in [3.63, 3.8) is 0 Å². The smallest absolute Gasteiger partial charge is 0.408 e. The molecule has 37 heavy (non-hydrogen) atoms. The average Bonchev–Trinajstić information content (AvgIpc) is 2.73. The van der Waals surface area contributed by atoms with Crippen LogP contribution >= 0.6 is 0 Å². The van der Waals surface area contributed by atoms with Gasteiger partial charge in [0.1, 0.15) is 23.4 Å². The molecule has 0 saturated heterocycles. The third-order valence-corrected chi connectivity index (χ3v) is 5.45. The van der Waals surface area contributed by atoms with E-state index in [4.69, 9.17) is 10.5 Å². The van der Waals surface area contributed by atoms with E-state index in [0.29, 0.717) is 5.56 Å². The van der Waals surface area contributed by atoms with Gasteiger partial charge in [0, 0.05) is 18.0 Å². The van der Waals surface area contributed by atoms with E-state index in [0.717, 1.165) is 12.8 Å². The Morgan fingerprint density at radius 1 is 1.00 bits per heavy atom. The number of rotatable bonds is 11. The second-order valence-corrected chi connectivity index (χ2v) is 11.3. The summed E-state index contributed by atoms with van der Waals surface area (Å²) in [6.07, 6.45) is 0.553. The van der Waals surface area contributed by atoms with Crippen molar-refractivity contribution in [3.8, 4) is 5.75 Å². The topological polar surface area (TPSA) is 151 Å². The summed E-state index contributed by atoms with van der Waals surface area (Å²) in [6, 6.07) is 3.65. The first-order chi connectivity index (χ1) is 17.0. The number of hydrogen-bond acceptors (Lipinski definition) is 6. The van der Waals surface area contributed by atoms with Gasteiger partial charge in [0.15, 0.2) is 0 Å². The fraction of sp³-hybridized carbons (Fsp3) is 0.630. The number of hydrogen-bond donors (Lipinski definition) is 4. The molecule has 0 radical (unpaired) electrons. The summed E-state index contributed by atoms with van der Waals surface area (Å²) < 4.78 is 5.33. The van der Waals surface area contributed by atoms with Crippen molar-refractivity contribution < 1.29 is 29.0 Å². The van der Waals surface area contributed by atoms with Gasteiger partial charge in [-0.2, -0.15) is 0 Å². The normalized spacial score (nSPS) is 14.2. The quantitative estimate of drug-likeness (QED) is 0.350. The monoisotopic (exact) mass is 520 g/mol. The molecule has 3 atom stereocenters. The lowest BCUT2D eigenvalue weighted by Crippen LogP contribution is -2.59. The molecule has 1 aromatic rings. The zero-order valence-corrected chi connectivity index (χ0v) is 23.4. The average molecular weight is 521 g/mol. The summed E-state index contributed by atoms with van der Waals surface area (Å²) in [5.74, 6) is -1.59. The van der Waals surface area contributed by atoms with Gasteiger partial charge in [0.2, 0.25) is 17.7 Å². The van der Waals surface area contributed by atoms with Gasteiger partial charge >= 0.3 is 6.09 Å². The van der Waals surface area contributed by atoms with E-state index in [1.807, 2.05) is 13.8 Å². The summed E-state index contributed by atoms with van der Waals surface area (Å²) in [5.41, 5.74) is 4.12. The fourth-order valence-electron chi connectivity index (χ4n) is 3.91. The molecule has 10 nitrogen and oxygen atoms in total. The van der Waals surface area contributed by atoms with Gasteiger partial charge in [-0.25, -0.2) is 4.79 Å². The summed E-state index contributed by atoms with van der Waals surface area (Å²) in [5, 5.41) is 15.4. The molecular weight excluding hydrogens is 476 g/mol. The minimum atomic E-state index is -1.18. The number of benzene rings is 1. The van der Waals surface area contributed by atoms with Crippen LogP contribution in [0.5, 0.6) is 5.75 Å². The van der Waals surface area contributed by atoms with Crippen molar-refractivity contribution in [2.45, 2.75) is 110 Å². The molecule has 208 valence electrons. The largest absolute Gasteiger partial charge is 0.508 e. The van der Waals surface area contributed by atoms with Crippen LogP contribution in [-0.2, 0) is 19.1 Å². The molecule has 0 fully saturated rings. The highest BCUT2D eigenvalue weighted by molar-refractivity contribution is 5.93. The SMILES string of the molecule is CCCC(C)NC(=O)C(c1ccc(O)cc1)N(C(=O)C(CCC(N)=O)NC(=O)OC(C)(C)C)C(C)(C)C. The highest BCUT2D eigenvalue weighted by Crippen LogP contribution is 2.31. The number of amides is 4. The first-order valence-electron chi connectivity index (χ1n) is 12.7. The van der Waals surface area contributed by atoms with Gasteiger partial charge in [-0.3, -0.25) is 14.4 Å². The lowest BCUT2D eigenvalue weighted by molar-refractivity contribution is -0.149. The van der Waals surface area contributed by atoms with Crippen molar-refractivity contribution in [2.24, 2.45) is 5.73 Å². The molecule has 3 unspecified atom stereocenters. The number of primary amides is 1. The molecule has 4 amide bonds. The molecule has 5 N–H and O–H groups in total. The van der Waals surface area contributed by atoms with Crippen molar-refractivity contribution >= 4 is 23.8 Å². The molecule has 1 aromatic carbocycles. The lowest BCUT2D eigenvalue weighted by atomic mass is 9.94. The Morgan fingerprint density at radius 2 is 1.57 bits per heavy atom.